The molecule has 1 N–H and O–H groups in total. The molecule has 0 bridgehead atoms. The summed E-state index contributed by atoms with van der Waals surface area (Å²) in [5.74, 6) is -1.71. The minimum Gasteiger partial charge on any atom is -0.482 e. The Morgan fingerprint density at radius 1 is 1.16 bits per heavy atom. The Morgan fingerprint density at radius 3 is 2.56 bits per heavy atom. The molecule has 10 heteroatoms. The topological polar surface area (TPSA) is 82.4 Å². The van der Waals surface area contributed by atoms with Crippen LogP contribution in [0.25, 0.3) is 11.0 Å². The molecule has 170 valence electrons. The first kappa shape index (κ1) is 23.1. The standard InChI is InChI=1S/C22H22F3N3O4/c1-4-31-19(29)12-32-16-7-5-6-15(11-16)26-20(30)14-8-9-18-17(10-14)27-21(22(23,24)25)28(18)13(2)3/h5-11,13H,4,12H2,1-3H3,(H,26,30). The molecule has 0 fully saturated rings. The summed E-state index contributed by atoms with van der Waals surface area (Å²) in [6.07, 6.45) is -4.62. The number of nitrogens with zero attached hydrogens (tertiary/aromatic N) is 2. The molecule has 0 atom stereocenters. The highest BCUT2D eigenvalue weighted by Gasteiger charge is 2.38. The van der Waals surface area contributed by atoms with Crippen molar-refractivity contribution in [3.05, 3.63) is 53.9 Å². The van der Waals surface area contributed by atoms with E-state index in [2.05, 4.69) is 10.3 Å². The summed E-state index contributed by atoms with van der Waals surface area (Å²) in [6, 6.07) is 10.1. The first-order valence-electron chi connectivity index (χ1n) is 9.89. The van der Waals surface area contributed by atoms with Crippen molar-refractivity contribution < 1.29 is 32.2 Å². The monoisotopic (exact) mass is 449 g/mol. The van der Waals surface area contributed by atoms with Gasteiger partial charge in [-0.25, -0.2) is 9.78 Å². The molecule has 0 radical (unpaired) electrons. The Hall–Kier alpha value is -3.56. The number of nitrogens with one attached hydrogen (secondary N) is 1. The van der Waals surface area contributed by atoms with Gasteiger partial charge < -0.3 is 19.4 Å². The van der Waals surface area contributed by atoms with E-state index < -0.39 is 29.9 Å². The lowest BCUT2D eigenvalue weighted by Crippen LogP contribution is -2.16. The number of fused-ring (bicyclic) bond motifs is 1. The second kappa shape index (κ2) is 9.29. The largest absolute Gasteiger partial charge is 0.482 e. The van der Waals surface area contributed by atoms with Crippen LogP contribution in [0.1, 0.15) is 43.0 Å². The molecule has 7 nitrogen and oxygen atoms in total. The van der Waals surface area contributed by atoms with Gasteiger partial charge in [-0.1, -0.05) is 6.07 Å². The summed E-state index contributed by atoms with van der Waals surface area (Å²) in [5.41, 5.74) is 0.904. The molecule has 0 aliphatic carbocycles. The zero-order valence-corrected chi connectivity index (χ0v) is 17.7. The fourth-order valence-corrected chi connectivity index (χ4v) is 3.17. The SMILES string of the molecule is CCOC(=O)COc1cccc(NC(=O)c2ccc3c(c2)nc(C(F)(F)F)n3C(C)C)c1. The predicted molar refractivity (Wildman–Crippen MR) is 112 cm³/mol. The first-order valence-corrected chi connectivity index (χ1v) is 9.89. The van der Waals surface area contributed by atoms with Crippen molar-refractivity contribution >= 4 is 28.6 Å². The van der Waals surface area contributed by atoms with Gasteiger partial charge >= 0.3 is 12.1 Å². The van der Waals surface area contributed by atoms with Crippen molar-refractivity contribution in [2.45, 2.75) is 33.0 Å². The van der Waals surface area contributed by atoms with Crippen LogP contribution in [0.4, 0.5) is 18.9 Å². The van der Waals surface area contributed by atoms with Gasteiger partial charge in [-0.15, -0.1) is 0 Å². The lowest BCUT2D eigenvalue weighted by atomic mass is 10.1. The van der Waals surface area contributed by atoms with Crippen LogP contribution >= 0.6 is 0 Å². The number of alkyl halides is 3. The van der Waals surface area contributed by atoms with Crippen molar-refractivity contribution in [1.82, 2.24) is 9.55 Å². The quantitative estimate of drug-likeness (QED) is 0.523. The van der Waals surface area contributed by atoms with Gasteiger partial charge in [0.2, 0.25) is 5.82 Å². The molecule has 0 aliphatic heterocycles. The zero-order chi connectivity index (χ0) is 23.5. The molecule has 1 aromatic heterocycles. The van der Waals surface area contributed by atoms with Crippen molar-refractivity contribution in [2.24, 2.45) is 0 Å². The Balaban J connectivity index is 1.80. The van der Waals surface area contributed by atoms with Crippen LogP contribution in [0.2, 0.25) is 0 Å². The molecule has 1 heterocycles. The van der Waals surface area contributed by atoms with E-state index in [0.717, 1.165) is 4.57 Å². The van der Waals surface area contributed by atoms with Crippen LogP contribution in [0.15, 0.2) is 42.5 Å². The number of halogens is 3. The maximum absolute atomic E-state index is 13.4. The average molecular weight is 449 g/mol. The molecule has 2 aromatic carbocycles. The summed E-state index contributed by atoms with van der Waals surface area (Å²) in [4.78, 5) is 27.8. The summed E-state index contributed by atoms with van der Waals surface area (Å²) >= 11 is 0. The second-order valence-electron chi connectivity index (χ2n) is 7.18. The van der Waals surface area contributed by atoms with E-state index in [4.69, 9.17) is 9.47 Å². The molecule has 0 saturated carbocycles. The average Bonchev–Trinajstić information content (AvgIpc) is 3.12. The molecule has 0 unspecified atom stereocenters. The summed E-state index contributed by atoms with van der Waals surface area (Å²) in [6.45, 7) is 4.91. The number of ether oxygens (including phenoxy) is 2. The van der Waals surface area contributed by atoms with E-state index in [1.807, 2.05) is 0 Å². The van der Waals surface area contributed by atoms with Gasteiger partial charge in [0.1, 0.15) is 5.75 Å². The molecule has 0 saturated heterocycles. The highest BCUT2D eigenvalue weighted by molar-refractivity contribution is 6.06. The number of benzene rings is 2. The molecule has 1 amide bonds. The first-order chi connectivity index (χ1) is 15.1. The summed E-state index contributed by atoms with van der Waals surface area (Å²) < 4.78 is 51.4. The third-order valence-electron chi connectivity index (χ3n) is 4.48. The number of carbonyl (C=O) groups is 2. The van der Waals surface area contributed by atoms with Crippen LogP contribution in [-0.2, 0) is 15.7 Å². The summed E-state index contributed by atoms with van der Waals surface area (Å²) in [7, 11) is 0. The minimum atomic E-state index is -4.62. The number of carbonyl (C=O) groups excluding carboxylic acids is 2. The Morgan fingerprint density at radius 2 is 1.91 bits per heavy atom. The molecule has 0 aliphatic rings. The fourth-order valence-electron chi connectivity index (χ4n) is 3.17. The lowest BCUT2D eigenvalue weighted by Gasteiger charge is -2.14. The fraction of sp³-hybridized carbons (Fsp3) is 0.318. The molecular formula is C22H22F3N3O4. The second-order valence-corrected chi connectivity index (χ2v) is 7.18. The molecule has 3 aromatic rings. The van der Waals surface area contributed by atoms with Crippen molar-refractivity contribution in [1.29, 1.82) is 0 Å². The van der Waals surface area contributed by atoms with Gasteiger partial charge in [-0.05, 0) is 51.1 Å². The third kappa shape index (κ3) is 5.19. The van der Waals surface area contributed by atoms with E-state index in [0.29, 0.717) is 17.0 Å². The van der Waals surface area contributed by atoms with Crippen LogP contribution in [-0.4, -0.2) is 34.6 Å². The number of aromatic nitrogens is 2. The molecule has 0 spiro atoms. The molecule has 32 heavy (non-hydrogen) atoms. The van der Waals surface area contributed by atoms with Crippen molar-refractivity contribution in [2.75, 3.05) is 18.5 Å². The van der Waals surface area contributed by atoms with E-state index >= 15 is 0 Å². The number of imidazole rings is 1. The van der Waals surface area contributed by atoms with Crippen molar-refractivity contribution in [3.63, 3.8) is 0 Å². The predicted octanol–water partition coefficient (Wildman–Crippen LogP) is 4.83. The smallest absolute Gasteiger partial charge is 0.449 e. The van der Waals surface area contributed by atoms with Crippen molar-refractivity contribution in [3.8, 4) is 5.75 Å². The van der Waals surface area contributed by atoms with Crippen LogP contribution in [0.5, 0.6) is 5.75 Å². The highest BCUT2D eigenvalue weighted by Crippen LogP contribution is 2.34. The lowest BCUT2D eigenvalue weighted by molar-refractivity contribution is -0.147. The number of esters is 1. The van der Waals surface area contributed by atoms with E-state index in [9.17, 15) is 22.8 Å². The normalized spacial score (nSPS) is 11.6. The van der Waals surface area contributed by atoms with E-state index in [1.54, 1.807) is 39.0 Å². The number of hydrogen-bond acceptors (Lipinski definition) is 5. The number of rotatable bonds is 7. The molecule has 3 rings (SSSR count). The van der Waals surface area contributed by atoms with Gasteiger partial charge in [0.25, 0.3) is 5.91 Å². The van der Waals surface area contributed by atoms with Crippen LogP contribution in [0.3, 0.4) is 0 Å². The van der Waals surface area contributed by atoms with Gasteiger partial charge in [-0.3, -0.25) is 4.79 Å². The zero-order valence-electron chi connectivity index (χ0n) is 17.7. The minimum absolute atomic E-state index is 0.0743. The van der Waals surface area contributed by atoms with Gasteiger partial charge in [0.15, 0.2) is 6.61 Å². The summed E-state index contributed by atoms with van der Waals surface area (Å²) in [5, 5.41) is 2.66. The number of hydrogen-bond donors (Lipinski definition) is 1. The maximum Gasteiger partial charge on any atom is 0.449 e. The maximum atomic E-state index is 13.4. The Labute approximate surface area is 182 Å². The van der Waals surface area contributed by atoms with E-state index in [1.165, 1.54) is 24.3 Å². The molecular weight excluding hydrogens is 427 g/mol. The van der Waals surface area contributed by atoms with E-state index in [-0.39, 0.29) is 24.3 Å². The number of amides is 1. The Bertz CT molecular complexity index is 1140. The van der Waals surface area contributed by atoms with Gasteiger partial charge in [-0.2, -0.15) is 13.2 Å². The third-order valence-corrected chi connectivity index (χ3v) is 4.48. The van der Waals surface area contributed by atoms with Gasteiger partial charge in [0.05, 0.1) is 17.6 Å². The Kier molecular flexibility index (Phi) is 6.71. The van der Waals surface area contributed by atoms with Crippen LogP contribution < -0.4 is 10.1 Å². The number of anilines is 1. The van der Waals surface area contributed by atoms with Crippen LogP contribution in [0, 0.1) is 0 Å². The van der Waals surface area contributed by atoms with Gasteiger partial charge in [0, 0.05) is 23.4 Å². The highest BCUT2D eigenvalue weighted by atomic mass is 19.4.